The molecular formula is C14H15Cl2N3O3S. The number of non-ortho nitro benzene ring substituents is 1. The van der Waals surface area contributed by atoms with Gasteiger partial charge in [0.2, 0.25) is 0 Å². The lowest BCUT2D eigenvalue weighted by Crippen LogP contribution is -2.17. The Balaban J connectivity index is 2.22. The Morgan fingerprint density at radius 2 is 2.04 bits per heavy atom. The molecule has 1 aromatic carbocycles. The molecule has 1 heterocycles. The van der Waals surface area contributed by atoms with Crippen LogP contribution in [0.3, 0.4) is 0 Å². The Morgan fingerprint density at radius 1 is 1.43 bits per heavy atom. The lowest BCUT2D eigenvalue weighted by Gasteiger charge is -2.20. The first-order valence-corrected chi connectivity index (χ1v) is 8.28. The molecule has 0 bridgehead atoms. The number of nitro benzene ring substituents is 1. The molecule has 2 rings (SSSR count). The summed E-state index contributed by atoms with van der Waals surface area (Å²) in [6.07, 6.45) is -0.0643. The topological polar surface area (TPSA) is 68.5 Å². The normalized spacial score (nSPS) is 12.2. The van der Waals surface area contributed by atoms with Crippen molar-refractivity contribution in [2.75, 3.05) is 19.1 Å². The Bertz CT molecular complexity index is 700. The van der Waals surface area contributed by atoms with Crippen molar-refractivity contribution in [3.8, 4) is 0 Å². The lowest BCUT2D eigenvalue weighted by molar-refractivity contribution is -0.384. The number of ether oxygens (including phenoxy) is 1. The number of nitrogens with zero attached hydrogens (tertiary/aromatic N) is 3. The van der Waals surface area contributed by atoms with Crippen LogP contribution >= 0.6 is 34.5 Å². The molecule has 0 fully saturated rings. The third kappa shape index (κ3) is 4.11. The molecule has 1 atom stereocenters. The van der Waals surface area contributed by atoms with E-state index in [1.807, 2.05) is 17.2 Å². The summed E-state index contributed by atoms with van der Waals surface area (Å²) in [5.74, 6) is 0. The maximum absolute atomic E-state index is 10.8. The molecule has 0 spiro atoms. The SMILES string of the molecule is COC(C)c1nc(CN(C)c2c(Cl)cc([N+](=O)[O-])cc2Cl)cs1. The number of hydrogen-bond acceptors (Lipinski definition) is 6. The summed E-state index contributed by atoms with van der Waals surface area (Å²) < 4.78 is 5.24. The highest BCUT2D eigenvalue weighted by molar-refractivity contribution is 7.09. The number of benzene rings is 1. The molecule has 0 aliphatic heterocycles. The molecule has 0 radical (unpaired) electrons. The standard InChI is InChI=1S/C14H15Cl2N3O3S/c1-8(22-3)14-17-9(7-23-14)6-18(2)13-11(15)4-10(19(20)21)5-12(13)16/h4-5,7-8H,6H2,1-3H3. The van der Waals surface area contributed by atoms with E-state index in [9.17, 15) is 10.1 Å². The van der Waals surface area contributed by atoms with Crippen LogP contribution in [0.5, 0.6) is 0 Å². The van der Waals surface area contributed by atoms with Gasteiger partial charge >= 0.3 is 0 Å². The number of halogens is 2. The van der Waals surface area contributed by atoms with E-state index >= 15 is 0 Å². The number of anilines is 1. The second-order valence-corrected chi connectivity index (χ2v) is 6.63. The second-order valence-electron chi connectivity index (χ2n) is 4.93. The maximum atomic E-state index is 10.8. The summed E-state index contributed by atoms with van der Waals surface area (Å²) in [6, 6.07) is 2.58. The van der Waals surface area contributed by atoms with Crippen molar-refractivity contribution in [1.29, 1.82) is 0 Å². The van der Waals surface area contributed by atoms with Crippen molar-refractivity contribution >= 4 is 45.9 Å². The van der Waals surface area contributed by atoms with E-state index < -0.39 is 4.92 Å². The molecule has 0 aliphatic rings. The summed E-state index contributed by atoms with van der Waals surface area (Å²) in [6.45, 7) is 2.40. The molecule has 0 saturated carbocycles. The van der Waals surface area contributed by atoms with Crippen LogP contribution in [0, 0.1) is 10.1 Å². The smallest absolute Gasteiger partial charge is 0.272 e. The molecule has 1 unspecified atom stereocenters. The minimum absolute atomic E-state index is 0.0643. The molecule has 2 aromatic rings. The van der Waals surface area contributed by atoms with Gasteiger partial charge in [0.1, 0.15) is 11.1 Å². The van der Waals surface area contributed by atoms with Gasteiger partial charge in [0.25, 0.3) is 5.69 Å². The number of aromatic nitrogens is 1. The van der Waals surface area contributed by atoms with E-state index in [-0.39, 0.29) is 21.8 Å². The highest BCUT2D eigenvalue weighted by Crippen LogP contribution is 2.37. The highest BCUT2D eigenvalue weighted by atomic mass is 35.5. The van der Waals surface area contributed by atoms with Crippen molar-refractivity contribution in [1.82, 2.24) is 4.98 Å². The van der Waals surface area contributed by atoms with Gasteiger partial charge in [-0.3, -0.25) is 10.1 Å². The van der Waals surface area contributed by atoms with E-state index in [1.165, 1.54) is 23.5 Å². The van der Waals surface area contributed by atoms with Crippen LogP contribution in [0.4, 0.5) is 11.4 Å². The molecule has 0 N–H and O–H groups in total. The molecule has 0 aliphatic carbocycles. The average molecular weight is 376 g/mol. The summed E-state index contributed by atoms with van der Waals surface area (Å²) in [5.41, 5.74) is 1.25. The Morgan fingerprint density at radius 3 is 2.57 bits per heavy atom. The first-order chi connectivity index (χ1) is 10.8. The van der Waals surface area contributed by atoms with Crippen molar-refractivity contribution < 1.29 is 9.66 Å². The van der Waals surface area contributed by atoms with Gasteiger partial charge in [0.15, 0.2) is 0 Å². The average Bonchev–Trinajstić information content (AvgIpc) is 2.93. The van der Waals surface area contributed by atoms with Gasteiger partial charge in [-0.2, -0.15) is 0 Å². The van der Waals surface area contributed by atoms with Crippen LogP contribution in [0.15, 0.2) is 17.5 Å². The largest absolute Gasteiger partial charge is 0.375 e. The van der Waals surface area contributed by atoms with E-state index in [0.717, 1.165) is 10.7 Å². The fraction of sp³-hybridized carbons (Fsp3) is 0.357. The van der Waals surface area contributed by atoms with Crippen LogP contribution in [-0.4, -0.2) is 24.1 Å². The third-order valence-electron chi connectivity index (χ3n) is 3.26. The minimum Gasteiger partial charge on any atom is -0.375 e. The maximum Gasteiger partial charge on any atom is 0.272 e. The van der Waals surface area contributed by atoms with E-state index in [4.69, 9.17) is 27.9 Å². The number of hydrogen-bond donors (Lipinski definition) is 0. The first kappa shape index (κ1) is 17.9. The van der Waals surface area contributed by atoms with Crippen molar-refractivity contribution in [3.63, 3.8) is 0 Å². The van der Waals surface area contributed by atoms with Gasteiger partial charge < -0.3 is 9.64 Å². The molecule has 6 nitrogen and oxygen atoms in total. The zero-order valence-corrected chi connectivity index (χ0v) is 15.1. The minimum atomic E-state index is -0.527. The van der Waals surface area contributed by atoms with Crippen LogP contribution in [0.1, 0.15) is 23.7 Å². The molecule has 1 aromatic heterocycles. The first-order valence-electron chi connectivity index (χ1n) is 6.65. The molecular weight excluding hydrogens is 361 g/mol. The Kier molecular flexibility index (Phi) is 5.80. The fourth-order valence-corrected chi connectivity index (χ4v) is 3.63. The van der Waals surface area contributed by atoms with Crippen molar-refractivity contribution in [2.45, 2.75) is 19.6 Å². The van der Waals surface area contributed by atoms with Gasteiger partial charge in [-0.05, 0) is 6.92 Å². The molecule has 9 heteroatoms. The van der Waals surface area contributed by atoms with Gasteiger partial charge in [-0.15, -0.1) is 11.3 Å². The summed E-state index contributed by atoms with van der Waals surface area (Å²) in [5, 5.41) is 14.1. The third-order valence-corrected chi connectivity index (χ3v) is 4.90. The number of rotatable bonds is 6. The number of methoxy groups -OCH3 is 1. The summed E-state index contributed by atoms with van der Waals surface area (Å²) in [4.78, 5) is 16.6. The van der Waals surface area contributed by atoms with E-state index in [0.29, 0.717) is 12.2 Å². The zero-order chi connectivity index (χ0) is 17.1. The summed E-state index contributed by atoms with van der Waals surface area (Å²) in [7, 11) is 3.44. The van der Waals surface area contributed by atoms with Crippen molar-refractivity contribution in [2.24, 2.45) is 0 Å². The lowest BCUT2D eigenvalue weighted by atomic mass is 10.2. The quantitative estimate of drug-likeness (QED) is 0.540. The van der Waals surface area contributed by atoms with Gasteiger partial charge in [-0.25, -0.2) is 4.98 Å². The Labute approximate surface area is 147 Å². The molecule has 23 heavy (non-hydrogen) atoms. The monoisotopic (exact) mass is 375 g/mol. The van der Waals surface area contributed by atoms with Gasteiger partial charge in [-0.1, -0.05) is 23.2 Å². The number of nitro groups is 1. The molecule has 124 valence electrons. The van der Waals surface area contributed by atoms with Gasteiger partial charge in [0.05, 0.1) is 32.9 Å². The Hall–Kier alpha value is -1.41. The number of thiazole rings is 1. The van der Waals surface area contributed by atoms with E-state index in [1.54, 1.807) is 14.2 Å². The zero-order valence-electron chi connectivity index (χ0n) is 12.7. The predicted octanol–water partition coefficient (Wildman–Crippen LogP) is 4.70. The second kappa shape index (κ2) is 7.44. The highest BCUT2D eigenvalue weighted by Gasteiger charge is 2.18. The van der Waals surface area contributed by atoms with Crippen molar-refractivity contribution in [3.05, 3.63) is 48.4 Å². The van der Waals surface area contributed by atoms with Crippen LogP contribution in [-0.2, 0) is 11.3 Å². The van der Waals surface area contributed by atoms with Crippen LogP contribution in [0.25, 0.3) is 0 Å². The van der Waals surface area contributed by atoms with Crippen LogP contribution < -0.4 is 4.90 Å². The summed E-state index contributed by atoms with van der Waals surface area (Å²) >= 11 is 13.8. The predicted molar refractivity (Wildman–Crippen MR) is 92.8 cm³/mol. The molecule has 0 amide bonds. The fourth-order valence-electron chi connectivity index (χ4n) is 2.03. The van der Waals surface area contributed by atoms with E-state index in [2.05, 4.69) is 4.98 Å². The van der Waals surface area contributed by atoms with Gasteiger partial charge in [0, 0.05) is 31.7 Å². The van der Waals surface area contributed by atoms with Crippen LogP contribution in [0.2, 0.25) is 10.0 Å². The molecule has 0 saturated heterocycles.